The molecule has 0 radical (unpaired) electrons. The van der Waals surface area contributed by atoms with Crippen molar-refractivity contribution >= 4 is 17.5 Å². The molecule has 0 saturated carbocycles. The Balaban J connectivity index is 1.36. The molecule has 3 heterocycles. The predicted octanol–water partition coefficient (Wildman–Crippen LogP) is 1.96. The summed E-state index contributed by atoms with van der Waals surface area (Å²) in [5.74, 6) is -0.0254. The third-order valence-corrected chi connectivity index (χ3v) is 5.82. The number of hydrogen-bond acceptors (Lipinski definition) is 5. The van der Waals surface area contributed by atoms with Gasteiger partial charge in [-0.1, -0.05) is 17.3 Å². The molecule has 2 fully saturated rings. The summed E-state index contributed by atoms with van der Waals surface area (Å²) in [6, 6.07) is 8.11. The molecule has 2 aromatic rings. The molecule has 2 amide bonds. The van der Waals surface area contributed by atoms with E-state index in [0.717, 1.165) is 62.3 Å². The summed E-state index contributed by atoms with van der Waals surface area (Å²) >= 11 is 0. The highest BCUT2D eigenvalue weighted by Crippen LogP contribution is 2.22. The lowest BCUT2D eigenvalue weighted by Crippen LogP contribution is -2.35. The Labute approximate surface area is 170 Å². The fourth-order valence-electron chi connectivity index (χ4n) is 4.09. The Morgan fingerprint density at radius 1 is 1.21 bits per heavy atom. The van der Waals surface area contributed by atoms with Gasteiger partial charge in [0.05, 0.1) is 11.7 Å². The molecule has 0 bridgehead atoms. The fraction of sp³-hybridized carbons (Fsp3) is 0.524. The second-order valence-electron chi connectivity index (χ2n) is 7.80. The number of carbonyl (C=O) groups excluding carboxylic acids is 2. The summed E-state index contributed by atoms with van der Waals surface area (Å²) < 4.78 is 1.89. The van der Waals surface area contributed by atoms with Crippen LogP contribution in [0.2, 0.25) is 0 Å². The first-order valence-electron chi connectivity index (χ1n) is 10.4. The van der Waals surface area contributed by atoms with Crippen LogP contribution in [0.5, 0.6) is 0 Å². The Morgan fingerprint density at radius 2 is 1.97 bits per heavy atom. The summed E-state index contributed by atoms with van der Waals surface area (Å²) in [5, 5.41) is 14.6. The second kappa shape index (κ2) is 8.73. The normalized spacial score (nSPS) is 18.1. The number of benzene rings is 1. The van der Waals surface area contributed by atoms with Gasteiger partial charge in [0.2, 0.25) is 5.91 Å². The van der Waals surface area contributed by atoms with Crippen molar-refractivity contribution in [2.45, 2.75) is 51.6 Å². The van der Waals surface area contributed by atoms with Crippen molar-refractivity contribution in [1.82, 2.24) is 25.6 Å². The standard InChI is InChI=1S/C21H28N6O2/c1-15-20(24-25-27(15)18-9-11-22-12-10-18)21(29)23-14-16-5-7-17(8-6-16)26-13-3-2-4-19(26)28/h5-8,18,22H,2-4,9-14H2,1H3,(H,23,29). The van der Waals surface area contributed by atoms with Crippen LogP contribution in [0.4, 0.5) is 5.69 Å². The van der Waals surface area contributed by atoms with Crippen molar-refractivity contribution in [1.29, 1.82) is 0 Å². The molecule has 29 heavy (non-hydrogen) atoms. The minimum Gasteiger partial charge on any atom is -0.347 e. The zero-order valence-electron chi connectivity index (χ0n) is 16.9. The molecule has 8 nitrogen and oxygen atoms in total. The van der Waals surface area contributed by atoms with Crippen molar-refractivity contribution in [3.63, 3.8) is 0 Å². The quantitative estimate of drug-likeness (QED) is 0.806. The topological polar surface area (TPSA) is 92.2 Å². The Hall–Kier alpha value is -2.74. The minimum absolute atomic E-state index is 0.185. The van der Waals surface area contributed by atoms with E-state index in [1.165, 1.54) is 0 Å². The van der Waals surface area contributed by atoms with E-state index in [-0.39, 0.29) is 11.8 Å². The van der Waals surface area contributed by atoms with Crippen LogP contribution in [0.1, 0.15) is 59.9 Å². The van der Waals surface area contributed by atoms with Crippen LogP contribution in [0.15, 0.2) is 24.3 Å². The van der Waals surface area contributed by atoms with Gasteiger partial charge in [0.15, 0.2) is 5.69 Å². The molecule has 8 heteroatoms. The lowest BCUT2D eigenvalue weighted by molar-refractivity contribution is -0.119. The molecular weight excluding hydrogens is 368 g/mol. The molecule has 2 saturated heterocycles. The van der Waals surface area contributed by atoms with Crippen LogP contribution >= 0.6 is 0 Å². The van der Waals surface area contributed by atoms with Gasteiger partial charge in [-0.25, -0.2) is 4.68 Å². The molecule has 0 aliphatic carbocycles. The van der Waals surface area contributed by atoms with E-state index in [0.29, 0.717) is 24.7 Å². The van der Waals surface area contributed by atoms with E-state index >= 15 is 0 Å². The van der Waals surface area contributed by atoms with Gasteiger partial charge in [-0.05, 0) is 63.4 Å². The number of piperidine rings is 2. The number of anilines is 1. The van der Waals surface area contributed by atoms with Crippen LogP contribution < -0.4 is 15.5 Å². The first-order chi connectivity index (χ1) is 14.1. The highest BCUT2D eigenvalue weighted by molar-refractivity contribution is 5.94. The molecule has 2 aliphatic heterocycles. The van der Waals surface area contributed by atoms with E-state index in [1.54, 1.807) is 0 Å². The zero-order chi connectivity index (χ0) is 20.2. The Kier molecular flexibility index (Phi) is 5.89. The van der Waals surface area contributed by atoms with E-state index in [4.69, 9.17) is 0 Å². The molecular formula is C21H28N6O2. The van der Waals surface area contributed by atoms with E-state index in [9.17, 15) is 9.59 Å². The smallest absolute Gasteiger partial charge is 0.274 e. The van der Waals surface area contributed by atoms with Gasteiger partial charge in [-0.15, -0.1) is 5.10 Å². The van der Waals surface area contributed by atoms with E-state index < -0.39 is 0 Å². The maximum absolute atomic E-state index is 12.6. The van der Waals surface area contributed by atoms with Crippen molar-refractivity contribution < 1.29 is 9.59 Å². The number of hydrogen-bond donors (Lipinski definition) is 2. The SMILES string of the molecule is Cc1c(C(=O)NCc2ccc(N3CCCCC3=O)cc2)nnn1C1CCNCC1. The van der Waals surface area contributed by atoms with Gasteiger partial charge in [0, 0.05) is 25.2 Å². The highest BCUT2D eigenvalue weighted by Gasteiger charge is 2.23. The molecule has 4 rings (SSSR count). The number of aromatic nitrogens is 3. The first kappa shape index (κ1) is 19.6. The van der Waals surface area contributed by atoms with Crippen LogP contribution in [0.25, 0.3) is 0 Å². The maximum Gasteiger partial charge on any atom is 0.274 e. The van der Waals surface area contributed by atoms with Gasteiger partial charge < -0.3 is 15.5 Å². The van der Waals surface area contributed by atoms with Crippen LogP contribution in [0, 0.1) is 6.92 Å². The zero-order valence-corrected chi connectivity index (χ0v) is 16.9. The van der Waals surface area contributed by atoms with E-state index in [1.807, 2.05) is 40.8 Å². The molecule has 0 unspecified atom stereocenters. The lowest BCUT2D eigenvalue weighted by atomic mass is 10.1. The summed E-state index contributed by atoms with van der Waals surface area (Å²) in [5.41, 5.74) is 3.10. The third kappa shape index (κ3) is 4.32. The molecule has 0 spiro atoms. The number of nitrogens with zero attached hydrogens (tertiary/aromatic N) is 4. The van der Waals surface area contributed by atoms with Crippen LogP contribution in [0.3, 0.4) is 0 Å². The number of nitrogens with one attached hydrogen (secondary N) is 2. The van der Waals surface area contributed by atoms with Crippen LogP contribution in [-0.4, -0.2) is 46.4 Å². The van der Waals surface area contributed by atoms with Gasteiger partial charge in [0.1, 0.15) is 0 Å². The highest BCUT2D eigenvalue weighted by atomic mass is 16.2. The minimum atomic E-state index is -0.210. The van der Waals surface area contributed by atoms with Gasteiger partial charge in [-0.2, -0.15) is 0 Å². The van der Waals surface area contributed by atoms with E-state index in [2.05, 4.69) is 20.9 Å². The van der Waals surface area contributed by atoms with Gasteiger partial charge >= 0.3 is 0 Å². The first-order valence-corrected chi connectivity index (χ1v) is 10.4. The van der Waals surface area contributed by atoms with Crippen LogP contribution in [-0.2, 0) is 11.3 Å². The molecule has 0 atom stereocenters. The molecule has 2 N–H and O–H groups in total. The van der Waals surface area contributed by atoms with Crippen molar-refractivity contribution in [3.05, 3.63) is 41.2 Å². The molecule has 1 aromatic heterocycles. The summed E-state index contributed by atoms with van der Waals surface area (Å²) in [6.07, 6.45) is 4.63. The largest absolute Gasteiger partial charge is 0.347 e. The number of carbonyl (C=O) groups is 2. The average Bonchev–Trinajstić information content (AvgIpc) is 3.15. The number of amides is 2. The lowest BCUT2D eigenvalue weighted by Gasteiger charge is -2.26. The third-order valence-electron chi connectivity index (χ3n) is 5.82. The Bertz CT molecular complexity index is 870. The van der Waals surface area contributed by atoms with Crippen molar-refractivity contribution in [2.24, 2.45) is 0 Å². The van der Waals surface area contributed by atoms with Gasteiger partial charge in [-0.3, -0.25) is 9.59 Å². The predicted molar refractivity (Wildman–Crippen MR) is 110 cm³/mol. The maximum atomic E-state index is 12.6. The molecule has 1 aromatic carbocycles. The summed E-state index contributed by atoms with van der Waals surface area (Å²) in [6.45, 7) is 5.02. The molecule has 2 aliphatic rings. The Morgan fingerprint density at radius 3 is 2.69 bits per heavy atom. The monoisotopic (exact) mass is 396 g/mol. The van der Waals surface area contributed by atoms with Crippen molar-refractivity contribution in [2.75, 3.05) is 24.5 Å². The summed E-state index contributed by atoms with van der Waals surface area (Å²) in [7, 11) is 0. The fourth-order valence-corrected chi connectivity index (χ4v) is 4.09. The number of rotatable bonds is 5. The average molecular weight is 396 g/mol. The molecule has 154 valence electrons. The van der Waals surface area contributed by atoms with Crippen molar-refractivity contribution in [3.8, 4) is 0 Å². The second-order valence-corrected chi connectivity index (χ2v) is 7.80. The van der Waals surface area contributed by atoms with Gasteiger partial charge in [0.25, 0.3) is 5.91 Å². The summed E-state index contributed by atoms with van der Waals surface area (Å²) in [4.78, 5) is 26.5.